The summed E-state index contributed by atoms with van der Waals surface area (Å²) in [6.45, 7) is 2.60. The van der Waals surface area contributed by atoms with Crippen LogP contribution >= 0.6 is 11.6 Å². The van der Waals surface area contributed by atoms with Gasteiger partial charge in [0.1, 0.15) is 0 Å². The lowest BCUT2D eigenvalue weighted by Gasteiger charge is -2.11. The Labute approximate surface area is 177 Å². The molecule has 0 aromatic heterocycles. The number of anilines is 1. The van der Waals surface area contributed by atoms with Crippen LogP contribution in [-0.4, -0.2) is 37.9 Å². The van der Waals surface area contributed by atoms with E-state index in [-0.39, 0.29) is 32.9 Å². The van der Waals surface area contributed by atoms with Crippen molar-refractivity contribution in [2.24, 2.45) is 0 Å². The van der Waals surface area contributed by atoms with E-state index in [9.17, 15) is 28.1 Å². The summed E-state index contributed by atoms with van der Waals surface area (Å²) in [5, 5.41) is 13.2. The fourth-order valence-electron chi connectivity index (χ4n) is 2.29. The fraction of sp³-hybridized carbons (Fsp3) is 0.222. The Bertz CT molecular complexity index is 1090. The van der Waals surface area contributed by atoms with E-state index in [1.807, 2.05) is 0 Å². The monoisotopic (exact) mass is 455 g/mol. The molecule has 0 saturated heterocycles. The lowest BCUT2D eigenvalue weighted by atomic mass is 10.2. The first kappa shape index (κ1) is 23.3. The summed E-state index contributed by atoms with van der Waals surface area (Å²) in [7, 11) is -3.81. The maximum absolute atomic E-state index is 12.2. The van der Waals surface area contributed by atoms with Crippen molar-refractivity contribution in [3.8, 4) is 0 Å². The Kier molecular flexibility index (Phi) is 7.48. The summed E-state index contributed by atoms with van der Waals surface area (Å²) in [5.74, 6) is -1.70. The highest BCUT2D eigenvalue weighted by atomic mass is 35.5. The van der Waals surface area contributed by atoms with Crippen LogP contribution in [0.4, 0.5) is 11.4 Å². The van der Waals surface area contributed by atoms with Gasteiger partial charge < -0.3 is 10.1 Å². The molecule has 1 amide bonds. The summed E-state index contributed by atoms with van der Waals surface area (Å²) in [6, 6.07) is 8.31. The van der Waals surface area contributed by atoms with E-state index in [2.05, 4.69) is 10.0 Å². The van der Waals surface area contributed by atoms with Crippen molar-refractivity contribution in [2.75, 3.05) is 11.9 Å². The van der Waals surface area contributed by atoms with Gasteiger partial charge in [-0.05, 0) is 38.1 Å². The number of halogens is 1. The van der Waals surface area contributed by atoms with E-state index in [0.29, 0.717) is 0 Å². The van der Waals surface area contributed by atoms with Gasteiger partial charge in [-0.2, -0.15) is 0 Å². The van der Waals surface area contributed by atoms with Gasteiger partial charge in [-0.3, -0.25) is 14.9 Å². The first-order valence-corrected chi connectivity index (χ1v) is 10.4. The summed E-state index contributed by atoms with van der Waals surface area (Å²) < 4.78 is 31.7. The van der Waals surface area contributed by atoms with Gasteiger partial charge in [0, 0.05) is 18.2 Å². The van der Waals surface area contributed by atoms with Crippen molar-refractivity contribution >= 4 is 44.9 Å². The predicted octanol–water partition coefficient (Wildman–Crippen LogP) is 2.73. The van der Waals surface area contributed by atoms with Gasteiger partial charge in [-0.15, -0.1) is 0 Å². The topological polar surface area (TPSA) is 145 Å². The minimum atomic E-state index is -3.81. The van der Waals surface area contributed by atoms with E-state index in [0.717, 1.165) is 12.1 Å². The second-order valence-corrected chi connectivity index (χ2v) is 8.47. The summed E-state index contributed by atoms with van der Waals surface area (Å²) in [5.41, 5.74) is -0.359. The Hall–Kier alpha value is -3.02. The molecule has 12 heteroatoms. The van der Waals surface area contributed by atoms with E-state index in [4.69, 9.17) is 16.3 Å². The normalized spacial score (nSPS) is 11.2. The molecular formula is C18H18ClN3O7S. The van der Waals surface area contributed by atoms with Gasteiger partial charge in [0.2, 0.25) is 10.0 Å². The van der Waals surface area contributed by atoms with Gasteiger partial charge in [-0.25, -0.2) is 17.9 Å². The Balaban J connectivity index is 2.04. The molecule has 0 unspecified atom stereocenters. The first-order valence-electron chi connectivity index (χ1n) is 8.53. The van der Waals surface area contributed by atoms with Gasteiger partial charge in [0.05, 0.1) is 26.1 Å². The minimum absolute atomic E-state index is 0.0141. The third-order valence-electron chi connectivity index (χ3n) is 3.54. The highest BCUT2D eigenvalue weighted by molar-refractivity contribution is 7.89. The molecule has 160 valence electrons. The van der Waals surface area contributed by atoms with Crippen LogP contribution in [0.25, 0.3) is 0 Å². The summed E-state index contributed by atoms with van der Waals surface area (Å²) in [4.78, 5) is 34.2. The maximum Gasteiger partial charge on any atom is 0.338 e. The molecule has 10 nitrogen and oxygen atoms in total. The minimum Gasteiger partial charge on any atom is -0.452 e. The average molecular weight is 456 g/mol. The third kappa shape index (κ3) is 6.24. The molecule has 30 heavy (non-hydrogen) atoms. The van der Waals surface area contributed by atoms with Crippen LogP contribution in [0.15, 0.2) is 47.4 Å². The molecule has 0 radical (unpaired) electrons. The van der Waals surface area contributed by atoms with Crippen LogP contribution in [0.5, 0.6) is 0 Å². The number of ether oxygens (including phenoxy) is 1. The summed E-state index contributed by atoms with van der Waals surface area (Å²) >= 11 is 5.89. The van der Waals surface area contributed by atoms with Gasteiger partial charge >= 0.3 is 5.97 Å². The van der Waals surface area contributed by atoms with E-state index < -0.39 is 33.4 Å². The molecular weight excluding hydrogens is 438 g/mol. The largest absolute Gasteiger partial charge is 0.452 e. The van der Waals surface area contributed by atoms with Crippen molar-refractivity contribution in [2.45, 2.75) is 24.8 Å². The number of sulfonamides is 1. The van der Waals surface area contributed by atoms with Crippen LogP contribution < -0.4 is 10.0 Å². The Morgan fingerprint density at radius 3 is 2.53 bits per heavy atom. The molecule has 0 fully saturated rings. The highest BCUT2D eigenvalue weighted by Crippen LogP contribution is 2.26. The number of non-ortho nitro benzene ring substituents is 1. The number of esters is 1. The Morgan fingerprint density at radius 2 is 1.90 bits per heavy atom. The molecule has 0 aliphatic rings. The number of hydrogen-bond donors (Lipinski definition) is 2. The standard InChI is InChI=1S/C18H18ClN3O7S/c1-11(2)21-30(27,28)14-5-3-4-12(8-14)18(24)29-10-17(23)20-16-9-13(22(25)26)6-7-15(16)19/h3-9,11,21H,10H2,1-2H3,(H,20,23). The Morgan fingerprint density at radius 1 is 1.20 bits per heavy atom. The number of nitrogens with one attached hydrogen (secondary N) is 2. The second-order valence-electron chi connectivity index (χ2n) is 6.35. The van der Waals surface area contributed by atoms with Crippen LogP contribution in [0.2, 0.25) is 5.02 Å². The van der Waals surface area contributed by atoms with Gasteiger partial charge in [0.25, 0.3) is 11.6 Å². The van der Waals surface area contributed by atoms with Crippen molar-refractivity contribution in [3.05, 3.63) is 63.2 Å². The number of nitrogens with zero attached hydrogens (tertiary/aromatic N) is 1. The smallest absolute Gasteiger partial charge is 0.338 e. The number of carbonyl (C=O) groups is 2. The van der Waals surface area contributed by atoms with Crippen LogP contribution in [0.3, 0.4) is 0 Å². The lowest BCUT2D eigenvalue weighted by Crippen LogP contribution is -2.30. The summed E-state index contributed by atoms with van der Waals surface area (Å²) in [6.07, 6.45) is 0. The average Bonchev–Trinajstić information content (AvgIpc) is 2.66. The molecule has 0 atom stereocenters. The zero-order chi connectivity index (χ0) is 22.5. The molecule has 2 rings (SSSR count). The third-order valence-corrected chi connectivity index (χ3v) is 5.53. The molecule has 2 aromatic carbocycles. The SMILES string of the molecule is CC(C)NS(=O)(=O)c1cccc(C(=O)OCC(=O)Nc2cc([N+](=O)[O-])ccc2Cl)c1. The number of benzene rings is 2. The molecule has 2 N–H and O–H groups in total. The number of hydrogen-bond acceptors (Lipinski definition) is 7. The molecule has 0 bridgehead atoms. The second kappa shape index (κ2) is 9.65. The molecule has 0 spiro atoms. The van der Waals surface area contributed by atoms with Crippen LogP contribution in [0.1, 0.15) is 24.2 Å². The molecule has 0 saturated carbocycles. The van der Waals surface area contributed by atoms with Gasteiger partial charge in [0.15, 0.2) is 6.61 Å². The molecule has 0 aliphatic carbocycles. The van der Waals surface area contributed by atoms with Crippen molar-refractivity contribution in [1.82, 2.24) is 4.72 Å². The molecule has 2 aromatic rings. The number of rotatable bonds is 8. The number of carbonyl (C=O) groups excluding carboxylic acids is 2. The van der Waals surface area contributed by atoms with E-state index in [1.165, 1.54) is 30.3 Å². The van der Waals surface area contributed by atoms with E-state index >= 15 is 0 Å². The van der Waals surface area contributed by atoms with Crippen molar-refractivity contribution in [1.29, 1.82) is 0 Å². The number of amides is 1. The molecule has 0 aliphatic heterocycles. The highest BCUT2D eigenvalue weighted by Gasteiger charge is 2.19. The lowest BCUT2D eigenvalue weighted by molar-refractivity contribution is -0.384. The van der Waals surface area contributed by atoms with Gasteiger partial charge in [-0.1, -0.05) is 17.7 Å². The zero-order valence-corrected chi connectivity index (χ0v) is 17.5. The maximum atomic E-state index is 12.2. The predicted molar refractivity (Wildman–Crippen MR) is 109 cm³/mol. The number of nitro groups is 1. The zero-order valence-electron chi connectivity index (χ0n) is 15.9. The van der Waals surface area contributed by atoms with Crippen molar-refractivity contribution < 1.29 is 27.7 Å². The van der Waals surface area contributed by atoms with Crippen LogP contribution in [0, 0.1) is 10.1 Å². The molecule has 0 heterocycles. The first-order chi connectivity index (χ1) is 14.0. The van der Waals surface area contributed by atoms with Crippen molar-refractivity contribution in [3.63, 3.8) is 0 Å². The quantitative estimate of drug-likeness (QED) is 0.353. The number of nitro benzene ring substituents is 1. The van der Waals surface area contributed by atoms with E-state index in [1.54, 1.807) is 13.8 Å². The fourth-order valence-corrected chi connectivity index (χ4v) is 3.75. The van der Waals surface area contributed by atoms with Crippen LogP contribution in [-0.2, 0) is 19.6 Å².